The Morgan fingerprint density at radius 3 is 1.85 bits per heavy atom. The van der Waals surface area contributed by atoms with Crippen molar-refractivity contribution >= 4 is 0 Å². The van der Waals surface area contributed by atoms with Crippen molar-refractivity contribution in [1.82, 2.24) is 0 Å². The maximum atomic E-state index is 1.96. The van der Waals surface area contributed by atoms with E-state index >= 15 is 0 Å². The number of hydrogen-bond acceptors (Lipinski definition) is 0. The molecule has 2 fully saturated rings. The minimum Gasteiger partial charge on any atom is -0.0533 e. The molecule has 1 radical (unpaired) electrons. The molecule has 13 heavy (non-hydrogen) atoms. The number of hydrogen-bond donors (Lipinski definition) is 0. The molecule has 2 aliphatic rings. The second-order valence-corrected chi connectivity index (χ2v) is 4.91. The van der Waals surface area contributed by atoms with Gasteiger partial charge in [0.1, 0.15) is 0 Å². The topological polar surface area (TPSA) is 0 Å². The van der Waals surface area contributed by atoms with E-state index in [4.69, 9.17) is 0 Å². The summed E-state index contributed by atoms with van der Waals surface area (Å²) in [6.07, 6.45) is 16.5. The van der Waals surface area contributed by atoms with Crippen molar-refractivity contribution in [3.8, 4) is 0 Å². The van der Waals surface area contributed by atoms with Gasteiger partial charge in [-0.2, -0.15) is 0 Å². The Morgan fingerprint density at radius 1 is 0.615 bits per heavy atom. The standard InChI is InChI=1S/C13H23/c1-2-5-9-13-11-7-3-6-10-12(13)8-4-1/h12H,1-11H2. The molecule has 2 rings (SSSR count). The van der Waals surface area contributed by atoms with Gasteiger partial charge in [0.15, 0.2) is 0 Å². The molecule has 1 unspecified atom stereocenters. The quantitative estimate of drug-likeness (QED) is 0.514. The summed E-state index contributed by atoms with van der Waals surface area (Å²) in [4.78, 5) is 0. The summed E-state index contributed by atoms with van der Waals surface area (Å²) in [5, 5.41) is 0. The van der Waals surface area contributed by atoms with Gasteiger partial charge in [0.25, 0.3) is 0 Å². The van der Waals surface area contributed by atoms with Crippen molar-refractivity contribution in [2.24, 2.45) is 5.92 Å². The lowest BCUT2D eigenvalue weighted by Crippen LogP contribution is -2.13. The zero-order valence-electron chi connectivity index (χ0n) is 8.86. The lowest BCUT2D eigenvalue weighted by molar-refractivity contribution is 0.385. The summed E-state index contributed by atoms with van der Waals surface area (Å²) in [7, 11) is 0. The Morgan fingerprint density at radius 2 is 1.15 bits per heavy atom. The predicted molar refractivity (Wildman–Crippen MR) is 57.5 cm³/mol. The fourth-order valence-electron chi connectivity index (χ4n) is 3.10. The van der Waals surface area contributed by atoms with Gasteiger partial charge in [0, 0.05) is 0 Å². The van der Waals surface area contributed by atoms with Crippen LogP contribution < -0.4 is 0 Å². The van der Waals surface area contributed by atoms with Crippen LogP contribution in [0, 0.1) is 11.8 Å². The van der Waals surface area contributed by atoms with E-state index in [1.54, 1.807) is 0 Å². The van der Waals surface area contributed by atoms with Crippen LogP contribution in [-0.4, -0.2) is 0 Å². The van der Waals surface area contributed by atoms with Gasteiger partial charge < -0.3 is 0 Å². The first kappa shape index (κ1) is 9.55. The second kappa shape index (κ2) is 5.02. The molecule has 0 saturated heterocycles. The zero-order chi connectivity index (χ0) is 8.93. The fraction of sp³-hybridized carbons (Fsp3) is 0.923. The molecule has 0 aromatic carbocycles. The largest absolute Gasteiger partial charge is 0.0533 e. The highest BCUT2D eigenvalue weighted by Gasteiger charge is 2.24. The molecule has 0 heterocycles. The first-order chi connectivity index (χ1) is 6.47. The first-order valence-corrected chi connectivity index (χ1v) is 6.31. The van der Waals surface area contributed by atoms with Crippen LogP contribution in [0.1, 0.15) is 70.6 Å². The lowest BCUT2D eigenvalue weighted by atomic mass is 9.79. The van der Waals surface area contributed by atoms with Gasteiger partial charge in [0.05, 0.1) is 0 Å². The highest BCUT2D eigenvalue weighted by Crippen LogP contribution is 2.38. The third-order valence-electron chi connectivity index (χ3n) is 3.93. The monoisotopic (exact) mass is 179 g/mol. The highest BCUT2D eigenvalue weighted by atomic mass is 14.3. The average Bonchev–Trinajstić information content (AvgIpc) is 2.30. The summed E-state index contributed by atoms with van der Waals surface area (Å²) in [6.45, 7) is 0. The number of rotatable bonds is 0. The average molecular weight is 179 g/mol. The van der Waals surface area contributed by atoms with Gasteiger partial charge in [-0.3, -0.25) is 0 Å². The molecule has 0 heteroatoms. The van der Waals surface area contributed by atoms with Crippen LogP contribution in [0.2, 0.25) is 0 Å². The zero-order valence-corrected chi connectivity index (χ0v) is 8.86. The Balaban J connectivity index is 1.91. The molecule has 0 aromatic heterocycles. The minimum absolute atomic E-state index is 1.04. The van der Waals surface area contributed by atoms with Crippen molar-refractivity contribution in [2.75, 3.05) is 0 Å². The first-order valence-electron chi connectivity index (χ1n) is 6.31. The van der Waals surface area contributed by atoms with Gasteiger partial charge >= 0.3 is 0 Å². The minimum atomic E-state index is 1.04. The Bertz CT molecular complexity index is 123. The molecular formula is C13H23. The van der Waals surface area contributed by atoms with E-state index in [1.165, 1.54) is 70.6 Å². The molecule has 0 aromatic rings. The molecule has 0 N–H and O–H groups in total. The molecular weight excluding hydrogens is 156 g/mol. The molecule has 0 amide bonds. The molecule has 75 valence electrons. The SMILES string of the molecule is C1CCCC2CCCCC[C]2CC1. The van der Waals surface area contributed by atoms with E-state index < -0.39 is 0 Å². The van der Waals surface area contributed by atoms with Crippen LogP contribution in [0.25, 0.3) is 0 Å². The third-order valence-corrected chi connectivity index (χ3v) is 3.93. The van der Waals surface area contributed by atoms with Crippen LogP contribution in [0.15, 0.2) is 0 Å². The molecule has 2 aliphatic carbocycles. The maximum Gasteiger partial charge on any atom is -0.0210 e. The Kier molecular flexibility index (Phi) is 3.69. The summed E-state index contributed by atoms with van der Waals surface area (Å²) in [5.41, 5.74) is 0. The molecule has 0 spiro atoms. The smallest absolute Gasteiger partial charge is 0.0210 e. The van der Waals surface area contributed by atoms with E-state index in [0.29, 0.717) is 0 Å². The van der Waals surface area contributed by atoms with Gasteiger partial charge in [-0.25, -0.2) is 0 Å². The van der Waals surface area contributed by atoms with Crippen molar-refractivity contribution in [2.45, 2.75) is 70.6 Å². The van der Waals surface area contributed by atoms with Gasteiger partial charge in [-0.05, 0) is 37.5 Å². The van der Waals surface area contributed by atoms with Crippen molar-refractivity contribution in [3.05, 3.63) is 5.92 Å². The summed E-state index contributed by atoms with van der Waals surface area (Å²) < 4.78 is 0. The summed E-state index contributed by atoms with van der Waals surface area (Å²) in [6, 6.07) is 0. The van der Waals surface area contributed by atoms with Crippen molar-refractivity contribution in [1.29, 1.82) is 0 Å². The van der Waals surface area contributed by atoms with Crippen LogP contribution in [0.5, 0.6) is 0 Å². The van der Waals surface area contributed by atoms with Crippen LogP contribution in [0.3, 0.4) is 0 Å². The molecule has 0 bridgehead atoms. The Labute approximate surface area is 83.1 Å². The van der Waals surface area contributed by atoms with Crippen molar-refractivity contribution < 1.29 is 0 Å². The van der Waals surface area contributed by atoms with Gasteiger partial charge in [-0.1, -0.05) is 44.9 Å². The van der Waals surface area contributed by atoms with E-state index in [0.717, 1.165) is 5.92 Å². The van der Waals surface area contributed by atoms with Crippen molar-refractivity contribution in [3.63, 3.8) is 0 Å². The van der Waals surface area contributed by atoms with Crippen LogP contribution in [0.4, 0.5) is 0 Å². The Hall–Kier alpha value is 0. The van der Waals surface area contributed by atoms with E-state index in [1.807, 2.05) is 5.92 Å². The summed E-state index contributed by atoms with van der Waals surface area (Å²) in [5.74, 6) is 3.00. The van der Waals surface area contributed by atoms with E-state index in [2.05, 4.69) is 0 Å². The fourth-order valence-corrected chi connectivity index (χ4v) is 3.10. The van der Waals surface area contributed by atoms with Gasteiger partial charge in [-0.15, -0.1) is 0 Å². The second-order valence-electron chi connectivity index (χ2n) is 4.91. The van der Waals surface area contributed by atoms with E-state index in [9.17, 15) is 0 Å². The van der Waals surface area contributed by atoms with Crippen LogP contribution >= 0.6 is 0 Å². The van der Waals surface area contributed by atoms with Gasteiger partial charge in [0.2, 0.25) is 0 Å². The predicted octanol–water partition coefficient (Wildman–Crippen LogP) is 4.50. The normalized spacial score (nSPS) is 32.8. The molecule has 0 nitrogen and oxygen atoms in total. The third kappa shape index (κ3) is 2.72. The molecule has 1 atom stereocenters. The molecule has 2 saturated carbocycles. The molecule has 0 aliphatic heterocycles. The van der Waals surface area contributed by atoms with E-state index in [-0.39, 0.29) is 0 Å². The summed E-state index contributed by atoms with van der Waals surface area (Å²) >= 11 is 0. The maximum absolute atomic E-state index is 1.96. The lowest BCUT2D eigenvalue weighted by Gasteiger charge is -2.26. The highest BCUT2D eigenvalue weighted by molar-refractivity contribution is 4.98. The number of fused-ring (bicyclic) bond motifs is 1. The van der Waals surface area contributed by atoms with Crippen LogP contribution in [-0.2, 0) is 0 Å².